The first-order valence-corrected chi connectivity index (χ1v) is 4.56. The summed E-state index contributed by atoms with van der Waals surface area (Å²) in [6.07, 6.45) is 1.74. The Hall–Kier alpha value is -1.60. The number of nitrogens with one attached hydrogen (secondary N) is 1. The molecule has 1 aromatic heterocycles. The third-order valence-corrected chi connectivity index (χ3v) is 2.32. The maximum absolute atomic E-state index is 11.1. The molecule has 1 aliphatic rings. The second kappa shape index (κ2) is 3.64. The zero-order valence-electron chi connectivity index (χ0n) is 7.62. The molecule has 2 heterocycles. The Morgan fingerprint density at radius 2 is 2.43 bits per heavy atom. The van der Waals surface area contributed by atoms with Crippen LogP contribution < -0.4 is 5.56 Å². The fourth-order valence-corrected chi connectivity index (χ4v) is 1.65. The van der Waals surface area contributed by atoms with Crippen LogP contribution in [0.3, 0.4) is 0 Å². The minimum Gasteiger partial charge on any atom is -0.372 e. The van der Waals surface area contributed by atoms with E-state index >= 15 is 0 Å². The summed E-state index contributed by atoms with van der Waals surface area (Å²) in [7, 11) is 0. The van der Waals surface area contributed by atoms with E-state index in [1.54, 1.807) is 0 Å². The van der Waals surface area contributed by atoms with Crippen molar-refractivity contribution in [3.63, 3.8) is 0 Å². The van der Waals surface area contributed by atoms with Gasteiger partial charge in [-0.2, -0.15) is 5.26 Å². The number of rotatable bonds is 1. The molecule has 1 N–H and O–H groups in total. The van der Waals surface area contributed by atoms with Crippen molar-refractivity contribution in [3.05, 3.63) is 33.7 Å². The normalized spacial score (nSPS) is 20.6. The molecule has 1 aromatic rings. The first-order chi connectivity index (χ1) is 6.81. The lowest BCUT2D eigenvalue weighted by Crippen LogP contribution is -2.12. The Labute approximate surface area is 81.1 Å². The molecular formula is C10H10N2O2. The van der Waals surface area contributed by atoms with Crippen LogP contribution in [0.5, 0.6) is 0 Å². The molecule has 2 rings (SSSR count). The highest BCUT2D eigenvalue weighted by Gasteiger charge is 2.21. The van der Waals surface area contributed by atoms with E-state index in [1.165, 1.54) is 12.1 Å². The van der Waals surface area contributed by atoms with Crippen molar-refractivity contribution in [1.82, 2.24) is 4.98 Å². The van der Waals surface area contributed by atoms with Crippen LogP contribution in [0.25, 0.3) is 0 Å². The number of hydrogen-bond acceptors (Lipinski definition) is 3. The first-order valence-electron chi connectivity index (χ1n) is 4.56. The van der Waals surface area contributed by atoms with Crippen LogP contribution in [0.15, 0.2) is 16.9 Å². The summed E-state index contributed by atoms with van der Waals surface area (Å²) in [6.45, 7) is 0.701. The number of H-pyrrole nitrogens is 1. The number of hydrogen-bond donors (Lipinski definition) is 1. The van der Waals surface area contributed by atoms with E-state index in [4.69, 9.17) is 10.00 Å². The van der Waals surface area contributed by atoms with Gasteiger partial charge < -0.3 is 9.72 Å². The van der Waals surface area contributed by atoms with Crippen molar-refractivity contribution in [2.45, 2.75) is 18.9 Å². The first kappa shape index (κ1) is 8.97. The van der Waals surface area contributed by atoms with Gasteiger partial charge in [0.25, 0.3) is 0 Å². The molecule has 0 spiro atoms. The molecule has 0 aromatic carbocycles. The SMILES string of the molecule is N#Cc1ccc(=O)[nH]c1[C@H]1CCCO1. The van der Waals surface area contributed by atoms with Gasteiger partial charge in [-0.25, -0.2) is 0 Å². The average molecular weight is 190 g/mol. The number of aromatic nitrogens is 1. The Bertz CT molecular complexity index is 424. The van der Waals surface area contributed by atoms with Crippen molar-refractivity contribution < 1.29 is 4.74 Å². The number of nitrogens with zero attached hydrogens (tertiary/aromatic N) is 1. The fourth-order valence-electron chi connectivity index (χ4n) is 1.65. The average Bonchev–Trinajstić information content (AvgIpc) is 2.70. The molecule has 0 saturated carbocycles. The molecule has 0 unspecified atom stereocenters. The van der Waals surface area contributed by atoms with Gasteiger partial charge in [0.1, 0.15) is 6.07 Å². The minimum atomic E-state index is -0.186. The van der Waals surface area contributed by atoms with E-state index in [9.17, 15) is 4.79 Å². The standard InChI is InChI=1S/C10H10N2O2/c11-6-7-3-4-9(13)12-10(7)8-2-1-5-14-8/h3-4,8H,1-2,5H2,(H,12,13)/t8-/m1/s1. The van der Waals surface area contributed by atoms with E-state index in [1.807, 2.05) is 6.07 Å². The topological polar surface area (TPSA) is 65.9 Å². The largest absolute Gasteiger partial charge is 0.372 e. The van der Waals surface area contributed by atoms with E-state index in [2.05, 4.69) is 4.98 Å². The molecule has 0 bridgehead atoms. The maximum atomic E-state index is 11.1. The molecule has 1 aliphatic heterocycles. The van der Waals surface area contributed by atoms with Crippen LogP contribution in [0.1, 0.15) is 30.2 Å². The van der Waals surface area contributed by atoms with Gasteiger partial charge in [0.15, 0.2) is 0 Å². The van der Waals surface area contributed by atoms with E-state index in [0.29, 0.717) is 17.9 Å². The summed E-state index contributed by atoms with van der Waals surface area (Å²) < 4.78 is 5.42. The van der Waals surface area contributed by atoms with E-state index < -0.39 is 0 Å². The second-order valence-corrected chi connectivity index (χ2v) is 3.26. The summed E-state index contributed by atoms with van der Waals surface area (Å²) in [5.74, 6) is 0. The highest BCUT2D eigenvalue weighted by Crippen LogP contribution is 2.28. The molecule has 0 radical (unpaired) electrons. The van der Waals surface area contributed by atoms with Gasteiger partial charge in [-0.3, -0.25) is 4.79 Å². The summed E-state index contributed by atoms with van der Waals surface area (Å²) in [6, 6.07) is 4.95. The zero-order valence-corrected chi connectivity index (χ0v) is 7.62. The summed E-state index contributed by atoms with van der Waals surface area (Å²) in [5.41, 5.74) is 0.934. The molecule has 72 valence electrons. The van der Waals surface area contributed by atoms with Crippen molar-refractivity contribution in [2.24, 2.45) is 0 Å². The quantitative estimate of drug-likeness (QED) is 0.721. The van der Waals surface area contributed by atoms with Crippen LogP contribution in [-0.2, 0) is 4.74 Å². The van der Waals surface area contributed by atoms with Crippen molar-refractivity contribution in [2.75, 3.05) is 6.61 Å². The maximum Gasteiger partial charge on any atom is 0.248 e. The van der Waals surface area contributed by atoms with Gasteiger partial charge >= 0.3 is 0 Å². The van der Waals surface area contributed by atoms with Crippen LogP contribution >= 0.6 is 0 Å². The van der Waals surface area contributed by atoms with Crippen molar-refractivity contribution >= 4 is 0 Å². The third kappa shape index (κ3) is 1.54. The highest BCUT2D eigenvalue weighted by molar-refractivity contribution is 5.34. The van der Waals surface area contributed by atoms with Gasteiger partial charge in [-0.1, -0.05) is 0 Å². The Kier molecular flexibility index (Phi) is 2.33. The molecule has 1 atom stereocenters. The van der Waals surface area contributed by atoms with Crippen molar-refractivity contribution in [3.8, 4) is 6.07 Å². The number of nitriles is 1. The molecule has 1 saturated heterocycles. The second-order valence-electron chi connectivity index (χ2n) is 3.26. The van der Waals surface area contributed by atoms with Gasteiger partial charge in [-0.05, 0) is 18.9 Å². The third-order valence-electron chi connectivity index (χ3n) is 2.32. The lowest BCUT2D eigenvalue weighted by atomic mass is 10.1. The highest BCUT2D eigenvalue weighted by atomic mass is 16.5. The smallest absolute Gasteiger partial charge is 0.248 e. The van der Waals surface area contributed by atoms with E-state index in [-0.39, 0.29) is 11.7 Å². The number of ether oxygens (including phenoxy) is 1. The van der Waals surface area contributed by atoms with Crippen molar-refractivity contribution in [1.29, 1.82) is 5.26 Å². The molecule has 0 aliphatic carbocycles. The summed E-state index contributed by atoms with van der Waals surface area (Å²) in [4.78, 5) is 13.8. The molecule has 4 heteroatoms. The van der Waals surface area contributed by atoms with Crippen LogP contribution in [0.4, 0.5) is 0 Å². The number of aromatic amines is 1. The van der Waals surface area contributed by atoms with Gasteiger partial charge in [0.05, 0.1) is 17.4 Å². The molecule has 0 amide bonds. The van der Waals surface area contributed by atoms with Crippen LogP contribution in [0.2, 0.25) is 0 Å². The predicted molar refractivity (Wildman–Crippen MR) is 49.7 cm³/mol. The summed E-state index contributed by atoms with van der Waals surface area (Å²) in [5, 5.41) is 8.84. The lowest BCUT2D eigenvalue weighted by Gasteiger charge is -2.10. The van der Waals surface area contributed by atoms with Crippen LogP contribution in [-0.4, -0.2) is 11.6 Å². The lowest BCUT2D eigenvalue weighted by molar-refractivity contribution is 0.108. The van der Waals surface area contributed by atoms with E-state index in [0.717, 1.165) is 12.8 Å². The zero-order chi connectivity index (χ0) is 9.97. The minimum absolute atomic E-state index is 0.112. The molecule has 4 nitrogen and oxygen atoms in total. The van der Waals surface area contributed by atoms with Gasteiger partial charge in [-0.15, -0.1) is 0 Å². The van der Waals surface area contributed by atoms with Crippen LogP contribution in [0, 0.1) is 11.3 Å². The predicted octanol–water partition coefficient (Wildman–Crippen LogP) is 1.10. The molecular weight excluding hydrogens is 180 g/mol. The molecule has 1 fully saturated rings. The Morgan fingerprint density at radius 1 is 1.57 bits per heavy atom. The Morgan fingerprint density at radius 3 is 3.07 bits per heavy atom. The number of pyridine rings is 1. The van der Waals surface area contributed by atoms with Gasteiger partial charge in [0.2, 0.25) is 5.56 Å². The van der Waals surface area contributed by atoms with Gasteiger partial charge in [0, 0.05) is 12.7 Å². The molecule has 14 heavy (non-hydrogen) atoms. The monoisotopic (exact) mass is 190 g/mol. The fraction of sp³-hybridized carbons (Fsp3) is 0.400. The summed E-state index contributed by atoms with van der Waals surface area (Å²) >= 11 is 0. The Balaban J connectivity index is 2.44.